The molecule has 2 aromatic carbocycles. The number of rotatable bonds is 6. The summed E-state index contributed by atoms with van der Waals surface area (Å²) in [6.45, 7) is 5.49. The summed E-state index contributed by atoms with van der Waals surface area (Å²) in [5.41, 5.74) is 0.677. The van der Waals surface area contributed by atoms with Gasteiger partial charge in [0.1, 0.15) is 12.4 Å². The normalized spacial score (nSPS) is 11.6. The van der Waals surface area contributed by atoms with Gasteiger partial charge in [0.25, 0.3) is 0 Å². The lowest BCUT2D eigenvalue weighted by Gasteiger charge is -2.19. The highest BCUT2D eigenvalue weighted by atomic mass is 19.1. The minimum Gasteiger partial charge on any atom is -0.508 e. The van der Waals surface area contributed by atoms with Crippen molar-refractivity contribution in [3.8, 4) is 22.6 Å². The van der Waals surface area contributed by atoms with E-state index in [1.807, 2.05) is 20.8 Å². The molecule has 0 bridgehead atoms. The maximum atomic E-state index is 14.2. The Bertz CT molecular complexity index is 716. The van der Waals surface area contributed by atoms with E-state index in [0.29, 0.717) is 5.56 Å². The number of aliphatic hydroxyl groups is 1. The number of benzene rings is 2. The summed E-state index contributed by atoms with van der Waals surface area (Å²) in [5.74, 6) is -2.19. The number of hydrogen-bond acceptors (Lipinski definition) is 4. The van der Waals surface area contributed by atoms with Crippen molar-refractivity contribution in [1.29, 1.82) is 0 Å². The van der Waals surface area contributed by atoms with E-state index in [1.54, 1.807) is 0 Å². The number of aliphatic hydroxyl groups excluding tert-OH is 1. The Kier molecular flexibility index (Phi) is 5.98. The van der Waals surface area contributed by atoms with E-state index in [1.165, 1.54) is 18.2 Å². The predicted octanol–water partition coefficient (Wildman–Crippen LogP) is 4.02. The molecule has 0 radical (unpaired) electrons. The number of halogens is 2. The molecular weight excluding hydrogens is 330 g/mol. The van der Waals surface area contributed by atoms with E-state index in [-0.39, 0.29) is 42.3 Å². The van der Waals surface area contributed by atoms with Gasteiger partial charge < -0.3 is 19.7 Å². The minimum absolute atomic E-state index is 0.0261. The largest absolute Gasteiger partial charge is 0.508 e. The molecule has 2 N–H and O–H groups in total. The molecule has 0 heterocycles. The van der Waals surface area contributed by atoms with Gasteiger partial charge >= 0.3 is 0 Å². The van der Waals surface area contributed by atoms with Crippen LogP contribution in [-0.2, 0) is 11.3 Å². The third-order valence-electron chi connectivity index (χ3n) is 3.45. The van der Waals surface area contributed by atoms with Gasteiger partial charge in [-0.15, -0.1) is 0 Å². The Morgan fingerprint density at radius 2 is 1.60 bits per heavy atom. The highest BCUT2D eigenvalue weighted by Crippen LogP contribution is 2.31. The van der Waals surface area contributed by atoms with Crippen molar-refractivity contribution < 1.29 is 28.5 Å². The van der Waals surface area contributed by atoms with E-state index < -0.39 is 17.4 Å². The smallest absolute Gasteiger partial charge is 0.190 e. The summed E-state index contributed by atoms with van der Waals surface area (Å²) in [7, 11) is 0. The maximum absolute atomic E-state index is 14.2. The Balaban J connectivity index is 2.17. The zero-order chi connectivity index (χ0) is 18.6. The molecule has 0 aliphatic rings. The average molecular weight is 352 g/mol. The highest BCUT2D eigenvalue weighted by Gasteiger charge is 2.15. The maximum Gasteiger partial charge on any atom is 0.190 e. The summed E-state index contributed by atoms with van der Waals surface area (Å²) in [6.07, 6.45) is 0. The van der Waals surface area contributed by atoms with Crippen molar-refractivity contribution in [3.05, 3.63) is 47.5 Å². The van der Waals surface area contributed by atoms with Crippen molar-refractivity contribution in [3.63, 3.8) is 0 Å². The molecule has 0 saturated carbocycles. The molecule has 0 aromatic heterocycles. The van der Waals surface area contributed by atoms with Crippen LogP contribution in [0.25, 0.3) is 11.1 Å². The van der Waals surface area contributed by atoms with E-state index in [9.17, 15) is 19.0 Å². The fourth-order valence-corrected chi connectivity index (χ4v) is 2.25. The molecule has 0 saturated heterocycles. The monoisotopic (exact) mass is 352 g/mol. The van der Waals surface area contributed by atoms with Crippen LogP contribution >= 0.6 is 0 Å². The predicted molar refractivity (Wildman–Crippen MR) is 90.6 cm³/mol. The van der Waals surface area contributed by atoms with Crippen LogP contribution in [-0.4, -0.2) is 29.0 Å². The number of hydrogen-bond donors (Lipinski definition) is 2. The second-order valence-corrected chi connectivity index (χ2v) is 6.58. The van der Waals surface area contributed by atoms with Gasteiger partial charge in [0.15, 0.2) is 17.4 Å². The second kappa shape index (κ2) is 7.80. The van der Waals surface area contributed by atoms with Gasteiger partial charge in [0.05, 0.1) is 18.8 Å². The van der Waals surface area contributed by atoms with Crippen LogP contribution in [0.3, 0.4) is 0 Å². The molecule has 0 aliphatic carbocycles. The average Bonchev–Trinajstić information content (AvgIpc) is 2.52. The summed E-state index contributed by atoms with van der Waals surface area (Å²) in [4.78, 5) is 0. The summed E-state index contributed by atoms with van der Waals surface area (Å²) in [6, 6.07) is 6.65. The van der Waals surface area contributed by atoms with Crippen LogP contribution in [0, 0.1) is 11.6 Å². The Morgan fingerprint density at radius 1 is 0.960 bits per heavy atom. The Labute approximate surface area is 145 Å². The Morgan fingerprint density at radius 3 is 2.16 bits per heavy atom. The summed E-state index contributed by atoms with van der Waals surface area (Å²) < 4.78 is 39.0. The van der Waals surface area contributed by atoms with E-state index in [0.717, 1.165) is 12.1 Å². The zero-order valence-corrected chi connectivity index (χ0v) is 14.5. The zero-order valence-electron chi connectivity index (χ0n) is 14.5. The molecule has 0 atom stereocenters. The van der Waals surface area contributed by atoms with E-state index in [4.69, 9.17) is 9.47 Å². The third-order valence-corrected chi connectivity index (χ3v) is 3.45. The first kappa shape index (κ1) is 19.1. The molecular formula is C19H22F2O4. The lowest BCUT2D eigenvalue weighted by molar-refractivity contribution is -0.0170. The summed E-state index contributed by atoms with van der Waals surface area (Å²) >= 11 is 0. The van der Waals surface area contributed by atoms with Crippen LogP contribution in [0.5, 0.6) is 11.5 Å². The van der Waals surface area contributed by atoms with Gasteiger partial charge in [-0.1, -0.05) is 6.07 Å². The molecule has 4 nitrogen and oxygen atoms in total. The van der Waals surface area contributed by atoms with Crippen molar-refractivity contribution in [2.24, 2.45) is 0 Å². The lowest BCUT2D eigenvalue weighted by atomic mass is 10.0. The second-order valence-electron chi connectivity index (χ2n) is 6.58. The fraction of sp³-hybridized carbons (Fsp3) is 0.368. The van der Waals surface area contributed by atoms with Crippen molar-refractivity contribution in [2.75, 3.05) is 13.2 Å². The summed E-state index contributed by atoms with van der Waals surface area (Å²) in [5, 5.41) is 18.8. The van der Waals surface area contributed by atoms with Crippen molar-refractivity contribution >= 4 is 0 Å². The van der Waals surface area contributed by atoms with Gasteiger partial charge in [-0.05, 0) is 56.2 Å². The Hall–Kier alpha value is -2.18. The van der Waals surface area contributed by atoms with E-state index in [2.05, 4.69) is 0 Å². The highest BCUT2D eigenvalue weighted by molar-refractivity contribution is 5.66. The molecule has 25 heavy (non-hydrogen) atoms. The van der Waals surface area contributed by atoms with Crippen LogP contribution < -0.4 is 4.74 Å². The fourth-order valence-electron chi connectivity index (χ4n) is 2.25. The molecule has 0 unspecified atom stereocenters. The molecule has 0 amide bonds. The van der Waals surface area contributed by atoms with Gasteiger partial charge in [0.2, 0.25) is 0 Å². The van der Waals surface area contributed by atoms with Crippen molar-refractivity contribution in [1.82, 2.24) is 0 Å². The number of aromatic hydroxyl groups is 1. The van der Waals surface area contributed by atoms with Gasteiger partial charge in [-0.25, -0.2) is 8.78 Å². The first-order chi connectivity index (χ1) is 11.7. The number of ether oxygens (including phenoxy) is 2. The van der Waals surface area contributed by atoms with Gasteiger partial charge in [-0.2, -0.15) is 0 Å². The standard InChI is InChI=1S/C19H22F2O4/c1-19(2,3)25-7-6-24-18-15(20)9-13(10-16(18)21)12-4-5-17(23)14(8-12)11-22/h4-5,8-10,22-23H,6-7,11H2,1-3H3. The van der Waals surface area contributed by atoms with Crippen LogP contribution in [0.1, 0.15) is 26.3 Å². The SMILES string of the molecule is CC(C)(C)OCCOc1c(F)cc(-c2ccc(O)c(CO)c2)cc1F. The lowest BCUT2D eigenvalue weighted by Crippen LogP contribution is -2.22. The molecule has 136 valence electrons. The van der Waals surface area contributed by atoms with Crippen LogP contribution in [0.2, 0.25) is 0 Å². The third kappa shape index (κ3) is 5.14. The molecule has 0 aliphatic heterocycles. The van der Waals surface area contributed by atoms with Gasteiger partial charge in [-0.3, -0.25) is 0 Å². The topological polar surface area (TPSA) is 58.9 Å². The van der Waals surface area contributed by atoms with E-state index >= 15 is 0 Å². The minimum atomic E-state index is -0.829. The molecule has 6 heteroatoms. The van der Waals surface area contributed by atoms with Crippen LogP contribution in [0.4, 0.5) is 8.78 Å². The first-order valence-corrected chi connectivity index (χ1v) is 7.90. The molecule has 0 spiro atoms. The molecule has 0 fully saturated rings. The number of phenols is 1. The molecule has 2 aromatic rings. The quantitative estimate of drug-likeness (QED) is 0.771. The van der Waals surface area contributed by atoms with Crippen LogP contribution in [0.15, 0.2) is 30.3 Å². The first-order valence-electron chi connectivity index (χ1n) is 7.90. The molecule has 2 rings (SSSR count). The van der Waals surface area contributed by atoms with Crippen molar-refractivity contribution in [2.45, 2.75) is 33.0 Å². The van der Waals surface area contributed by atoms with Gasteiger partial charge in [0, 0.05) is 5.56 Å².